The lowest BCUT2D eigenvalue weighted by molar-refractivity contribution is -0.122. The average molecular weight is 186 g/mol. The number of likely N-dealkylation sites (tertiary alicyclic amines) is 1. The Morgan fingerprint density at radius 1 is 1.69 bits per heavy atom. The van der Waals surface area contributed by atoms with Gasteiger partial charge in [0.1, 0.15) is 0 Å². The van der Waals surface area contributed by atoms with Crippen LogP contribution in [-0.4, -0.2) is 47.7 Å². The number of rotatable bonds is 3. The molecule has 1 fully saturated rings. The van der Waals surface area contributed by atoms with Gasteiger partial charge in [0.2, 0.25) is 5.91 Å². The van der Waals surface area contributed by atoms with Crippen molar-refractivity contribution in [3.05, 3.63) is 0 Å². The van der Waals surface area contributed by atoms with Crippen LogP contribution < -0.4 is 5.32 Å². The van der Waals surface area contributed by atoms with Crippen LogP contribution in [0.4, 0.5) is 0 Å². The molecular weight excluding hydrogens is 168 g/mol. The molecule has 76 valence electrons. The first-order chi connectivity index (χ1) is 6.03. The Hall–Kier alpha value is -0.610. The standard InChI is InChI=1S/C9H18N2O2/c1-3-10-8(12)6-11-5-4-9(2,13)7-11/h13H,3-7H2,1-2H3,(H,10,12). The number of amides is 1. The van der Waals surface area contributed by atoms with Gasteiger partial charge in [-0.25, -0.2) is 0 Å². The third kappa shape index (κ3) is 3.32. The van der Waals surface area contributed by atoms with Gasteiger partial charge in [-0.15, -0.1) is 0 Å². The first-order valence-electron chi connectivity index (χ1n) is 4.75. The molecule has 1 saturated heterocycles. The number of carbonyl (C=O) groups excluding carboxylic acids is 1. The monoisotopic (exact) mass is 186 g/mol. The van der Waals surface area contributed by atoms with Gasteiger partial charge in [-0.1, -0.05) is 0 Å². The molecule has 0 aromatic rings. The topological polar surface area (TPSA) is 52.6 Å². The third-order valence-corrected chi connectivity index (χ3v) is 2.27. The lowest BCUT2D eigenvalue weighted by atomic mass is 10.1. The highest BCUT2D eigenvalue weighted by Crippen LogP contribution is 2.19. The summed E-state index contributed by atoms with van der Waals surface area (Å²) in [5, 5.41) is 12.4. The fraction of sp³-hybridized carbons (Fsp3) is 0.889. The van der Waals surface area contributed by atoms with Crippen LogP contribution in [0, 0.1) is 0 Å². The first kappa shape index (κ1) is 10.5. The zero-order valence-corrected chi connectivity index (χ0v) is 8.34. The number of hydrogen-bond acceptors (Lipinski definition) is 3. The van der Waals surface area contributed by atoms with Gasteiger partial charge in [-0.05, 0) is 20.3 Å². The highest BCUT2D eigenvalue weighted by Gasteiger charge is 2.31. The lowest BCUT2D eigenvalue weighted by Gasteiger charge is -2.17. The largest absolute Gasteiger partial charge is 0.389 e. The highest BCUT2D eigenvalue weighted by molar-refractivity contribution is 5.77. The predicted octanol–water partition coefficient (Wildman–Crippen LogP) is -0.421. The normalized spacial score (nSPS) is 29.2. The van der Waals surface area contributed by atoms with Crippen LogP contribution >= 0.6 is 0 Å². The SMILES string of the molecule is CCNC(=O)CN1CCC(C)(O)C1. The molecule has 4 heteroatoms. The van der Waals surface area contributed by atoms with Crippen molar-refractivity contribution in [2.75, 3.05) is 26.2 Å². The van der Waals surface area contributed by atoms with E-state index < -0.39 is 5.60 Å². The van der Waals surface area contributed by atoms with Crippen molar-refractivity contribution in [3.8, 4) is 0 Å². The van der Waals surface area contributed by atoms with Gasteiger partial charge in [0.25, 0.3) is 0 Å². The van der Waals surface area contributed by atoms with Crippen LogP contribution in [0.25, 0.3) is 0 Å². The van der Waals surface area contributed by atoms with Gasteiger partial charge in [0, 0.05) is 19.6 Å². The predicted molar refractivity (Wildman–Crippen MR) is 50.4 cm³/mol. The molecule has 1 heterocycles. The zero-order chi connectivity index (χ0) is 9.90. The van der Waals surface area contributed by atoms with Gasteiger partial charge in [-0.2, -0.15) is 0 Å². The zero-order valence-electron chi connectivity index (χ0n) is 8.34. The maximum atomic E-state index is 11.2. The van der Waals surface area contributed by atoms with Gasteiger partial charge in [-0.3, -0.25) is 9.69 Å². The molecule has 0 bridgehead atoms. The molecule has 0 aliphatic carbocycles. The fourth-order valence-corrected chi connectivity index (χ4v) is 1.63. The molecule has 0 spiro atoms. The van der Waals surface area contributed by atoms with Crippen LogP contribution in [0.15, 0.2) is 0 Å². The summed E-state index contributed by atoms with van der Waals surface area (Å²) in [5.41, 5.74) is -0.605. The molecule has 1 atom stereocenters. The molecular formula is C9H18N2O2. The van der Waals surface area contributed by atoms with Crippen LogP contribution in [0.1, 0.15) is 20.3 Å². The van der Waals surface area contributed by atoms with E-state index in [-0.39, 0.29) is 5.91 Å². The Labute approximate surface area is 78.9 Å². The number of aliphatic hydroxyl groups is 1. The van der Waals surface area contributed by atoms with Crippen LogP contribution in [0.2, 0.25) is 0 Å². The number of nitrogens with zero attached hydrogens (tertiary/aromatic N) is 1. The molecule has 1 aliphatic heterocycles. The summed E-state index contributed by atoms with van der Waals surface area (Å²) in [5.74, 6) is 0.0419. The van der Waals surface area contributed by atoms with Gasteiger partial charge < -0.3 is 10.4 Å². The Kier molecular flexibility index (Phi) is 3.27. The Balaban J connectivity index is 2.28. The van der Waals surface area contributed by atoms with Gasteiger partial charge in [0.15, 0.2) is 0 Å². The molecule has 1 amide bonds. The number of hydrogen-bond donors (Lipinski definition) is 2. The van der Waals surface area contributed by atoms with Crippen molar-refractivity contribution in [2.24, 2.45) is 0 Å². The van der Waals surface area contributed by atoms with E-state index in [1.807, 2.05) is 18.7 Å². The van der Waals surface area contributed by atoms with Crippen molar-refractivity contribution in [1.29, 1.82) is 0 Å². The molecule has 1 aliphatic rings. The molecule has 2 N–H and O–H groups in total. The molecule has 1 rings (SSSR count). The van der Waals surface area contributed by atoms with E-state index in [4.69, 9.17) is 0 Å². The van der Waals surface area contributed by atoms with Crippen LogP contribution in [-0.2, 0) is 4.79 Å². The van der Waals surface area contributed by atoms with Crippen molar-refractivity contribution < 1.29 is 9.90 Å². The molecule has 13 heavy (non-hydrogen) atoms. The average Bonchev–Trinajstić information content (AvgIpc) is 2.30. The summed E-state index contributed by atoms with van der Waals surface area (Å²) in [7, 11) is 0. The smallest absolute Gasteiger partial charge is 0.234 e. The molecule has 0 aromatic heterocycles. The minimum atomic E-state index is -0.605. The molecule has 0 saturated carbocycles. The van der Waals surface area contributed by atoms with Gasteiger partial charge >= 0.3 is 0 Å². The van der Waals surface area contributed by atoms with E-state index in [2.05, 4.69) is 5.32 Å². The summed E-state index contributed by atoms with van der Waals surface area (Å²) in [4.78, 5) is 13.2. The van der Waals surface area contributed by atoms with Crippen molar-refractivity contribution in [2.45, 2.75) is 25.9 Å². The Morgan fingerprint density at radius 2 is 2.38 bits per heavy atom. The van der Waals surface area contributed by atoms with E-state index in [1.165, 1.54) is 0 Å². The minimum Gasteiger partial charge on any atom is -0.389 e. The van der Waals surface area contributed by atoms with Gasteiger partial charge in [0.05, 0.1) is 12.1 Å². The second-order valence-corrected chi connectivity index (χ2v) is 3.91. The maximum absolute atomic E-state index is 11.2. The summed E-state index contributed by atoms with van der Waals surface area (Å²) in [6.07, 6.45) is 0.756. The van der Waals surface area contributed by atoms with Crippen molar-refractivity contribution in [1.82, 2.24) is 10.2 Å². The fourth-order valence-electron chi connectivity index (χ4n) is 1.63. The summed E-state index contributed by atoms with van der Waals surface area (Å²) >= 11 is 0. The Morgan fingerprint density at radius 3 is 2.85 bits per heavy atom. The van der Waals surface area contributed by atoms with E-state index >= 15 is 0 Å². The highest BCUT2D eigenvalue weighted by atomic mass is 16.3. The molecule has 1 unspecified atom stereocenters. The quantitative estimate of drug-likeness (QED) is 0.629. The summed E-state index contributed by atoms with van der Waals surface area (Å²) < 4.78 is 0. The number of carbonyl (C=O) groups is 1. The molecule has 4 nitrogen and oxygen atoms in total. The van der Waals surface area contributed by atoms with Crippen molar-refractivity contribution >= 4 is 5.91 Å². The minimum absolute atomic E-state index is 0.0419. The lowest BCUT2D eigenvalue weighted by Crippen LogP contribution is -2.38. The number of β-amino-alcohol motifs (C(OH)–C–C–N with tert-alkyl or cyclic N) is 1. The number of nitrogens with one attached hydrogen (secondary N) is 1. The van der Waals surface area contributed by atoms with Crippen LogP contribution in [0.3, 0.4) is 0 Å². The maximum Gasteiger partial charge on any atom is 0.234 e. The second kappa shape index (κ2) is 4.07. The first-order valence-corrected chi connectivity index (χ1v) is 4.75. The van der Waals surface area contributed by atoms with E-state index in [0.29, 0.717) is 19.6 Å². The molecule has 0 aromatic carbocycles. The third-order valence-electron chi connectivity index (χ3n) is 2.27. The summed E-state index contributed by atoms with van der Waals surface area (Å²) in [6, 6.07) is 0. The van der Waals surface area contributed by atoms with Crippen LogP contribution in [0.5, 0.6) is 0 Å². The van der Waals surface area contributed by atoms with E-state index in [0.717, 1.165) is 13.0 Å². The molecule has 0 radical (unpaired) electrons. The second-order valence-electron chi connectivity index (χ2n) is 3.91. The summed E-state index contributed by atoms with van der Waals surface area (Å²) in [6.45, 7) is 6.20. The van der Waals surface area contributed by atoms with E-state index in [9.17, 15) is 9.90 Å². The van der Waals surface area contributed by atoms with E-state index in [1.54, 1.807) is 0 Å². The van der Waals surface area contributed by atoms with Crippen molar-refractivity contribution in [3.63, 3.8) is 0 Å². The Bertz CT molecular complexity index is 192. The number of likely N-dealkylation sites (N-methyl/N-ethyl adjacent to an activating group) is 1.